The van der Waals surface area contributed by atoms with Crippen molar-refractivity contribution in [2.75, 3.05) is 19.5 Å². The molecule has 0 aliphatic carbocycles. The summed E-state index contributed by atoms with van der Waals surface area (Å²) in [6.07, 6.45) is 3.22. The SMILES string of the molecule is COc1cc(Cl)c(NC(=O)c2cnc3c(cnn3C(C)C)c2)cc1OC. The fraction of sp³-hybridized carbons (Fsp3) is 0.278. The molecule has 0 aliphatic heterocycles. The number of carbonyl (C=O) groups excluding carboxylic acids is 1. The van der Waals surface area contributed by atoms with Crippen molar-refractivity contribution in [2.24, 2.45) is 0 Å². The number of fused-ring (bicyclic) bond motifs is 1. The van der Waals surface area contributed by atoms with Crippen molar-refractivity contribution in [1.29, 1.82) is 0 Å². The van der Waals surface area contributed by atoms with Gasteiger partial charge in [-0.1, -0.05) is 11.6 Å². The number of hydrogen-bond acceptors (Lipinski definition) is 5. The average molecular weight is 375 g/mol. The minimum atomic E-state index is -0.328. The van der Waals surface area contributed by atoms with Crippen LogP contribution in [0, 0.1) is 0 Å². The molecule has 8 heteroatoms. The van der Waals surface area contributed by atoms with Crippen LogP contribution in [-0.2, 0) is 0 Å². The van der Waals surface area contributed by atoms with Gasteiger partial charge in [0, 0.05) is 29.8 Å². The van der Waals surface area contributed by atoms with E-state index in [2.05, 4.69) is 15.4 Å². The van der Waals surface area contributed by atoms with Crippen molar-refractivity contribution in [1.82, 2.24) is 14.8 Å². The number of nitrogens with zero attached hydrogens (tertiary/aromatic N) is 3. The molecule has 0 bridgehead atoms. The van der Waals surface area contributed by atoms with E-state index in [1.807, 2.05) is 18.5 Å². The van der Waals surface area contributed by atoms with Gasteiger partial charge in [0.2, 0.25) is 0 Å². The van der Waals surface area contributed by atoms with E-state index < -0.39 is 0 Å². The molecule has 0 fully saturated rings. The van der Waals surface area contributed by atoms with Crippen molar-refractivity contribution < 1.29 is 14.3 Å². The number of ether oxygens (including phenoxy) is 2. The molecule has 2 heterocycles. The third-order valence-electron chi connectivity index (χ3n) is 3.91. The quantitative estimate of drug-likeness (QED) is 0.731. The molecule has 0 aliphatic rings. The number of aromatic nitrogens is 3. The third kappa shape index (κ3) is 3.30. The van der Waals surface area contributed by atoms with E-state index in [-0.39, 0.29) is 11.9 Å². The predicted octanol–water partition coefficient (Wildman–Crippen LogP) is 3.94. The molecule has 1 N–H and O–H groups in total. The van der Waals surface area contributed by atoms with Gasteiger partial charge in [-0.05, 0) is 19.9 Å². The number of pyridine rings is 1. The fourth-order valence-electron chi connectivity index (χ4n) is 2.59. The molecule has 0 atom stereocenters. The number of rotatable bonds is 5. The second-order valence-corrected chi connectivity index (χ2v) is 6.37. The van der Waals surface area contributed by atoms with Gasteiger partial charge in [0.15, 0.2) is 17.1 Å². The van der Waals surface area contributed by atoms with Gasteiger partial charge in [-0.3, -0.25) is 4.79 Å². The maximum absolute atomic E-state index is 12.6. The normalized spacial score (nSPS) is 11.0. The third-order valence-corrected chi connectivity index (χ3v) is 4.22. The zero-order chi connectivity index (χ0) is 18.8. The van der Waals surface area contributed by atoms with Crippen molar-refractivity contribution >= 4 is 34.2 Å². The van der Waals surface area contributed by atoms with E-state index in [9.17, 15) is 4.79 Å². The molecular weight excluding hydrogens is 356 g/mol. The molecule has 7 nitrogen and oxygen atoms in total. The van der Waals surface area contributed by atoms with Crippen molar-refractivity contribution in [3.63, 3.8) is 0 Å². The minimum absolute atomic E-state index is 0.185. The monoisotopic (exact) mass is 374 g/mol. The molecule has 1 amide bonds. The van der Waals surface area contributed by atoms with Gasteiger partial charge in [-0.2, -0.15) is 5.10 Å². The summed E-state index contributed by atoms with van der Waals surface area (Å²) < 4.78 is 12.2. The van der Waals surface area contributed by atoms with Gasteiger partial charge in [0.05, 0.1) is 36.7 Å². The van der Waals surface area contributed by atoms with E-state index in [4.69, 9.17) is 21.1 Å². The largest absolute Gasteiger partial charge is 0.493 e. The Hall–Kier alpha value is -2.80. The average Bonchev–Trinajstić information content (AvgIpc) is 3.06. The molecule has 26 heavy (non-hydrogen) atoms. The van der Waals surface area contributed by atoms with Gasteiger partial charge in [-0.25, -0.2) is 9.67 Å². The van der Waals surface area contributed by atoms with E-state index in [0.29, 0.717) is 27.8 Å². The maximum Gasteiger partial charge on any atom is 0.257 e. The Balaban J connectivity index is 1.89. The maximum atomic E-state index is 12.6. The predicted molar refractivity (Wildman–Crippen MR) is 100 cm³/mol. The summed E-state index contributed by atoms with van der Waals surface area (Å²) in [4.78, 5) is 17.0. The van der Waals surface area contributed by atoms with E-state index in [0.717, 1.165) is 11.0 Å². The van der Waals surface area contributed by atoms with Crippen LogP contribution >= 0.6 is 11.6 Å². The smallest absolute Gasteiger partial charge is 0.257 e. The summed E-state index contributed by atoms with van der Waals surface area (Å²) in [7, 11) is 3.03. The lowest BCUT2D eigenvalue weighted by Crippen LogP contribution is -2.13. The standard InChI is InChI=1S/C18H19ClN4O3/c1-10(2)23-17-11(9-21-23)5-12(8-20-17)18(24)22-14-7-16(26-4)15(25-3)6-13(14)19/h5-10H,1-4H3,(H,22,24). The minimum Gasteiger partial charge on any atom is -0.493 e. The summed E-state index contributed by atoms with van der Waals surface area (Å²) in [6, 6.07) is 5.13. The van der Waals surface area contributed by atoms with Crippen LogP contribution in [0.25, 0.3) is 11.0 Å². The summed E-state index contributed by atoms with van der Waals surface area (Å²) in [5, 5.41) is 8.22. The summed E-state index contributed by atoms with van der Waals surface area (Å²) in [5.74, 6) is 0.629. The van der Waals surface area contributed by atoms with Crippen LogP contribution in [0.1, 0.15) is 30.2 Å². The van der Waals surface area contributed by atoms with E-state index in [1.54, 1.807) is 24.4 Å². The molecule has 0 unspecified atom stereocenters. The van der Waals surface area contributed by atoms with E-state index in [1.165, 1.54) is 20.4 Å². The molecule has 0 saturated heterocycles. The molecule has 2 aromatic heterocycles. The van der Waals surface area contributed by atoms with Crippen molar-refractivity contribution in [3.8, 4) is 11.5 Å². The Labute approximate surface area is 155 Å². The van der Waals surface area contributed by atoms with Crippen molar-refractivity contribution in [3.05, 3.63) is 41.2 Å². The molecule has 3 rings (SSSR count). The van der Waals surface area contributed by atoms with Gasteiger partial charge in [-0.15, -0.1) is 0 Å². The van der Waals surface area contributed by atoms with Crippen LogP contribution in [0.3, 0.4) is 0 Å². The number of halogens is 1. The van der Waals surface area contributed by atoms with Crippen LogP contribution in [-0.4, -0.2) is 34.9 Å². The second-order valence-electron chi connectivity index (χ2n) is 5.96. The van der Waals surface area contributed by atoms with Crippen LogP contribution in [0.4, 0.5) is 5.69 Å². The van der Waals surface area contributed by atoms with Crippen LogP contribution in [0.5, 0.6) is 11.5 Å². The van der Waals surface area contributed by atoms with Crippen LogP contribution < -0.4 is 14.8 Å². The van der Waals surface area contributed by atoms with Crippen LogP contribution in [0.2, 0.25) is 5.02 Å². The molecule has 0 saturated carbocycles. The van der Waals surface area contributed by atoms with Gasteiger partial charge < -0.3 is 14.8 Å². The molecule has 0 spiro atoms. The number of methoxy groups -OCH3 is 2. The first kappa shape index (κ1) is 18.0. The second kappa shape index (κ2) is 7.21. The first-order valence-corrected chi connectivity index (χ1v) is 8.38. The molecule has 1 aromatic carbocycles. The molecule has 3 aromatic rings. The zero-order valence-electron chi connectivity index (χ0n) is 14.9. The Kier molecular flexibility index (Phi) is 4.99. The Morgan fingerprint density at radius 2 is 1.85 bits per heavy atom. The zero-order valence-corrected chi connectivity index (χ0v) is 15.7. The van der Waals surface area contributed by atoms with Gasteiger partial charge in [0.1, 0.15) is 0 Å². The first-order valence-electron chi connectivity index (χ1n) is 8.00. The summed E-state index contributed by atoms with van der Waals surface area (Å²) in [5.41, 5.74) is 1.57. The van der Waals surface area contributed by atoms with E-state index >= 15 is 0 Å². The highest BCUT2D eigenvalue weighted by atomic mass is 35.5. The fourth-order valence-corrected chi connectivity index (χ4v) is 2.79. The van der Waals surface area contributed by atoms with Gasteiger partial charge in [0.25, 0.3) is 5.91 Å². The lowest BCUT2D eigenvalue weighted by Gasteiger charge is -2.12. The molecule has 136 valence electrons. The first-order chi connectivity index (χ1) is 12.4. The number of hydrogen-bond donors (Lipinski definition) is 1. The summed E-state index contributed by atoms with van der Waals surface area (Å²) >= 11 is 6.22. The number of anilines is 1. The Morgan fingerprint density at radius 1 is 1.15 bits per heavy atom. The van der Waals surface area contributed by atoms with Crippen molar-refractivity contribution in [2.45, 2.75) is 19.9 Å². The number of nitrogens with one attached hydrogen (secondary N) is 1. The number of benzene rings is 1. The molecule has 0 radical (unpaired) electrons. The lowest BCUT2D eigenvalue weighted by molar-refractivity contribution is 0.102. The number of carbonyl (C=O) groups is 1. The Morgan fingerprint density at radius 3 is 2.50 bits per heavy atom. The highest BCUT2D eigenvalue weighted by molar-refractivity contribution is 6.34. The summed E-state index contributed by atoms with van der Waals surface area (Å²) in [6.45, 7) is 4.04. The number of amides is 1. The lowest BCUT2D eigenvalue weighted by atomic mass is 10.2. The Bertz CT molecular complexity index is 968. The van der Waals surface area contributed by atoms with Gasteiger partial charge >= 0.3 is 0 Å². The highest BCUT2D eigenvalue weighted by Crippen LogP contribution is 2.36. The van der Waals surface area contributed by atoms with Crippen LogP contribution in [0.15, 0.2) is 30.6 Å². The molecular formula is C18H19ClN4O3. The highest BCUT2D eigenvalue weighted by Gasteiger charge is 2.15. The topological polar surface area (TPSA) is 78.3 Å².